The molecule has 0 aliphatic rings. The van der Waals surface area contributed by atoms with E-state index < -0.39 is 28.9 Å². The van der Waals surface area contributed by atoms with Crippen LogP contribution in [0.4, 0.5) is 18.9 Å². The minimum atomic E-state index is -4.74. The summed E-state index contributed by atoms with van der Waals surface area (Å²) < 4.78 is 42.1. The highest BCUT2D eigenvalue weighted by Gasteiger charge is 2.35. The number of pyridine rings is 1. The molecule has 0 unspecified atom stereocenters. The summed E-state index contributed by atoms with van der Waals surface area (Å²) in [5.41, 5.74) is -2.37. The fraction of sp³-hybridized carbons (Fsp3) is 0.158. The molecule has 0 aliphatic heterocycles. The van der Waals surface area contributed by atoms with Crippen molar-refractivity contribution in [3.8, 4) is 0 Å². The van der Waals surface area contributed by atoms with Crippen molar-refractivity contribution in [2.24, 2.45) is 14.1 Å². The van der Waals surface area contributed by atoms with Crippen molar-refractivity contribution in [1.29, 1.82) is 0 Å². The van der Waals surface area contributed by atoms with E-state index in [2.05, 4.69) is 10.3 Å². The van der Waals surface area contributed by atoms with Gasteiger partial charge in [-0.05, 0) is 11.6 Å². The molecule has 0 fully saturated rings. The molecule has 2 aromatic heterocycles. The summed E-state index contributed by atoms with van der Waals surface area (Å²) in [5.74, 6) is -1.04. The third kappa shape index (κ3) is 3.96. The van der Waals surface area contributed by atoms with E-state index in [1.165, 1.54) is 44.4 Å². The molecule has 0 saturated heterocycles. The fourth-order valence-electron chi connectivity index (χ4n) is 2.79. The number of aryl methyl sites for hydroxylation is 1. The monoisotopic (exact) mass is 404 g/mol. The zero-order valence-electron chi connectivity index (χ0n) is 15.3. The largest absolute Gasteiger partial charge is 0.417 e. The molecular formula is C19H15F3N4O3. The van der Waals surface area contributed by atoms with Gasteiger partial charge in [-0.15, -0.1) is 0 Å². The number of hydrogen-bond donors (Lipinski definition) is 1. The molecule has 1 amide bonds. The summed E-state index contributed by atoms with van der Waals surface area (Å²) in [6.07, 6.45) is -3.14. The Morgan fingerprint density at radius 3 is 2.38 bits per heavy atom. The number of amides is 1. The van der Waals surface area contributed by atoms with Crippen molar-refractivity contribution in [2.45, 2.75) is 6.18 Å². The van der Waals surface area contributed by atoms with Crippen LogP contribution in [-0.2, 0) is 18.9 Å². The number of anilines is 1. The number of carbonyl (C=O) groups is 1. The second-order valence-electron chi connectivity index (χ2n) is 6.21. The zero-order chi connectivity index (χ0) is 21.3. The first-order valence-corrected chi connectivity index (χ1v) is 8.30. The number of fused-ring (bicyclic) bond motifs is 1. The van der Waals surface area contributed by atoms with Gasteiger partial charge in [0.15, 0.2) is 0 Å². The first-order chi connectivity index (χ1) is 13.6. The summed E-state index contributed by atoms with van der Waals surface area (Å²) in [5, 5.41) is 2.31. The number of halogens is 3. The van der Waals surface area contributed by atoms with E-state index in [0.29, 0.717) is 6.08 Å². The Morgan fingerprint density at radius 1 is 1.10 bits per heavy atom. The smallest absolute Gasteiger partial charge is 0.321 e. The highest BCUT2D eigenvalue weighted by Crippen LogP contribution is 2.33. The van der Waals surface area contributed by atoms with Crippen LogP contribution in [0.1, 0.15) is 5.56 Å². The van der Waals surface area contributed by atoms with Crippen LogP contribution >= 0.6 is 0 Å². The molecule has 1 N–H and O–H groups in total. The van der Waals surface area contributed by atoms with Crippen LogP contribution in [0.15, 0.2) is 58.3 Å². The van der Waals surface area contributed by atoms with Crippen molar-refractivity contribution in [1.82, 2.24) is 14.1 Å². The van der Waals surface area contributed by atoms with Crippen LogP contribution in [0.25, 0.3) is 16.6 Å². The molecular weight excluding hydrogens is 389 g/mol. The van der Waals surface area contributed by atoms with E-state index >= 15 is 0 Å². The lowest BCUT2D eigenvalue weighted by Crippen LogP contribution is -2.37. The lowest BCUT2D eigenvalue weighted by atomic mass is 10.1. The first kappa shape index (κ1) is 20.1. The minimum Gasteiger partial charge on any atom is -0.321 e. The molecule has 0 spiro atoms. The van der Waals surface area contributed by atoms with Gasteiger partial charge >= 0.3 is 11.9 Å². The molecule has 0 saturated carbocycles. The van der Waals surface area contributed by atoms with E-state index in [1.807, 2.05) is 0 Å². The SMILES string of the molecule is Cn1c(=O)c2cc(NC(=O)/C=C(/c3ccccc3)C(F)(F)F)cnc2n(C)c1=O. The van der Waals surface area contributed by atoms with Gasteiger partial charge in [0.25, 0.3) is 5.56 Å². The Labute approximate surface area is 161 Å². The summed E-state index contributed by atoms with van der Waals surface area (Å²) in [7, 11) is 2.71. The Balaban J connectivity index is 2.00. The maximum absolute atomic E-state index is 13.4. The van der Waals surface area contributed by atoms with E-state index in [-0.39, 0.29) is 22.3 Å². The molecule has 0 atom stereocenters. The Morgan fingerprint density at radius 2 is 1.76 bits per heavy atom. The highest BCUT2D eigenvalue weighted by atomic mass is 19.4. The van der Waals surface area contributed by atoms with E-state index in [0.717, 1.165) is 15.3 Å². The lowest BCUT2D eigenvalue weighted by molar-refractivity contribution is -0.112. The number of allylic oxidation sites excluding steroid dienone is 1. The highest BCUT2D eigenvalue weighted by molar-refractivity contribution is 6.05. The third-order valence-electron chi connectivity index (χ3n) is 4.23. The standard InChI is InChI=1S/C19H15F3N4O3/c1-25-16-13(17(28)26(2)18(25)29)8-12(10-23-16)24-15(27)9-14(19(20,21)22)11-6-4-3-5-7-11/h3-10H,1-2H3,(H,24,27)/b14-9-. The van der Waals surface area contributed by atoms with Crippen LogP contribution < -0.4 is 16.6 Å². The molecule has 29 heavy (non-hydrogen) atoms. The predicted molar refractivity (Wildman–Crippen MR) is 101 cm³/mol. The van der Waals surface area contributed by atoms with E-state index in [1.54, 1.807) is 6.07 Å². The maximum atomic E-state index is 13.4. The summed E-state index contributed by atoms with van der Waals surface area (Å²) in [6.45, 7) is 0. The summed E-state index contributed by atoms with van der Waals surface area (Å²) in [6, 6.07) is 8.17. The Bertz CT molecular complexity index is 1240. The van der Waals surface area contributed by atoms with Gasteiger partial charge in [0, 0.05) is 20.2 Å². The minimum absolute atomic E-state index is 0.0177. The summed E-state index contributed by atoms with van der Waals surface area (Å²) >= 11 is 0. The second-order valence-corrected chi connectivity index (χ2v) is 6.21. The molecule has 150 valence electrons. The first-order valence-electron chi connectivity index (χ1n) is 8.30. The van der Waals surface area contributed by atoms with Gasteiger partial charge in [0.05, 0.1) is 22.8 Å². The Kier molecular flexibility index (Phi) is 5.10. The zero-order valence-corrected chi connectivity index (χ0v) is 15.3. The number of nitrogens with zero attached hydrogens (tertiary/aromatic N) is 3. The average Bonchev–Trinajstić information content (AvgIpc) is 2.68. The normalized spacial score (nSPS) is 12.2. The topological polar surface area (TPSA) is 86.0 Å². The number of hydrogen-bond acceptors (Lipinski definition) is 4. The molecule has 10 heteroatoms. The predicted octanol–water partition coefficient (Wildman–Crippen LogP) is 2.22. The van der Waals surface area contributed by atoms with Gasteiger partial charge in [-0.25, -0.2) is 9.78 Å². The molecule has 0 bridgehead atoms. The van der Waals surface area contributed by atoms with Crippen LogP contribution in [0, 0.1) is 0 Å². The molecule has 1 aromatic carbocycles. The third-order valence-corrected chi connectivity index (χ3v) is 4.23. The van der Waals surface area contributed by atoms with Gasteiger partial charge < -0.3 is 5.32 Å². The Hall–Kier alpha value is -3.69. The van der Waals surface area contributed by atoms with E-state index in [4.69, 9.17) is 0 Å². The van der Waals surface area contributed by atoms with Crippen LogP contribution in [-0.4, -0.2) is 26.2 Å². The van der Waals surface area contributed by atoms with Gasteiger partial charge in [0.1, 0.15) is 5.65 Å². The average molecular weight is 404 g/mol. The van der Waals surface area contributed by atoms with Crippen LogP contribution in [0.3, 0.4) is 0 Å². The molecule has 0 aliphatic carbocycles. The summed E-state index contributed by atoms with van der Waals surface area (Å²) in [4.78, 5) is 40.4. The van der Waals surface area contributed by atoms with Crippen molar-refractivity contribution in [3.63, 3.8) is 0 Å². The number of carbonyl (C=O) groups excluding carboxylic acids is 1. The van der Waals surface area contributed by atoms with Crippen LogP contribution in [0.5, 0.6) is 0 Å². The lowest BCUT2D eigenvalue weighted by Gasteiger charge is -2.12. The molecule has 3 aromatic rings. The van der Waals surface area contributed by atoms with Crippen molar-refractivity contribution in [3.05, 3.63) is 75.1 Å². The number of alkyl halides is 3. The van der Waals surface area contributed by atoms with Gasteiger partial charge in [-0.2, -0.15) is 13.2 Å². The second kappa shape index (κ2) is 7.38. The number of nitrogens with one attached hydrogen (secondary N) is 1. The van der Waals surface area contributed by atoms with Crippen molar-refractivity contribution in [2.75, 3.05) is 5.32 Å². The number of aromatic nitrogens is 3. The van der Waals surface area contributed by atoms with Crippen LogP contribution in [0.2, 0.25) is 0 Å². The van der Waals surface area contributed by atoms with Gasteiger partial charge in [-0.1, -0.05) is 30.3 Å². The van der Waals surface area contributed by atoms with Crippen molar-refractivity contribution < 1.29 is 18.0 Å². The number of benzene rings is 1. The van der Waals surface area contributed by atoms with Gasteiger partial charge in [0.2, 0.25) is 5.91 Å². The number of rotatable bonds is 3. The molecule has 2 heterocycles. The van der Waals surface area contributed by atoms with Crippen molar-refractivity contribution >= 4 is 28.2 Å². The van der Waals surface area contributed by atoms with Gasteiger partial charge in [-0.3, -0.25) is 18.7 Å². The molecule has 7 nitrogen and oxygen atoms in total. The maximum Gasteiger partial charge on any atom is 0.417 e. The molecule has 3 rings (SSSR count). The quantitative estimate of drug-likeness (QED) is 0.679. The van der Waals surface area contributed by atoms with E-state index in [9.17, 15) is 27.6 Å². The molecule has 0 radical (unpaired) electrons. The fourth-order valence-corrected chi connectivity index (χ4v) is 2.79.